The maximum atomic E-state index is 12.3. The SMILES string of the molecule is CC1=C(CN2C=CCNC2)N([O-])C(=O)C(CCCCl)C1=O. The van der Waals surface area contributed by atoms with Gasteiger partial charge in [-0.3, -0.25) is 14.9 Å². The number of nitrogens with zero attached hydrogens (tertiary/aromatic N) is 2. The minimum Gasteiger partial charge on any atom is -0.752 e. The van der Waals surface area contributed by atoms with E-state index < -0.39 is 11.8 Å². The summed E-state index contributed by atoms with van der Waals surface area (Å²) < 4.78 is 0. The van der Waals surface area contributed by atoms with Crippen molar-refractivity contribution >= 4 is 23.3 Å². The van der Waals surface area contributed by atoms with Crippen LogP contribution in [0.5, 0.6) is 0 Å². The lowest BCUT2D eigenvalue weighted by Gasteiger charge is -2.41. The highest BCUT2D eigenvalue weighted by atomic mass is 35.5. The van der Waals surface area contributed by atoms with Gasteiger partial charge in [-0.1, -0.05) is 6.08 Å². The van der Waals surface area contributed by atoms with Crippen molar-refractivity contribution in [2.24, 2.45) is 5.92 Å². The van der Waals surface area contributed by atoms with E-state index in [4.69, 9.17) is 11.6 Å². The van der Waals surface area contributed by atoms with Crippen molar-refractivity contribution in [3.05, 3.63) is 28.8 Å². The standard InChI is InChI=1S/C14H19ClN3O3/c1-10-12(8-17-7-3-6-16-9-17)18(21)14(20)11(13(10)19)4-2-5-15/h3,7,11,16H,2,4-6,8-9H2,1H3/q-1. The molecule has 116 valence electrons. The summed E-state index contributed by atoms with van der Waals surface area (Å²) >= 11 is 5.60. The normalized spacial score (nSPS) is 23.3. The van der Waals surface area contributed by atoms with E-state index in [1.807, 2.05) is 17.2 Å². The third-order valence-electron chi connectivity index (χ3n) is 3.73. The highest BCUT2D eigenvalue weighted by molar-refractivity contribution is 6.18. The van der Waals surface area contributed by atoms with Crippen molar-refractivity contribution < 1.29 is 9.59 Å². The summed E-state index contributed by atoms with van der Waals surface area (Å²) in [5, 5.41) is 15.7. The molecule has 2 aliphatic heterocycles. The highest BCUT2D eigenvalue weighted by Gasteiger charge is 2.35. The van der Waals surface area contributed by atoms with Gasteiger partial charge in [-0.15, -0.1) is 11.6 Å². The molecule has 0 aromatic rings. The van der Waals surface area contributed by atoms with Crippen LogP contribution >= 0.6 is 11.6 Å². The number of carbonyl (C=O) groups is 2. The van der Waals surface area contributed by atoms with E-state index in [0.29, 0.717) is 36.0 Å². The van der Waals surface area contributed by atoms with E-state index >= 15 is 0 Å². The van der Waals surface area contributed by atoms with Gasteiger partial charge in [-0.05, 0) is 26.0 Å². The number of hydroxylamine groups is 2. The van der Waals surface area contributed by atoms with E-state index in [1.54, 1.807) is 6.92 Å². The highest BCUT2D eigenvalue weighted by Crippen LogP contribution is 2.27. The van der Waals surface area contributed by atoms with Crippen LogP contribution < -0.4 is 5.32 Å². The van der Waals surface area contributed by atoms with Crippen LogP contribution in [0.1, 0.15) is 19.8 Å². The molecule has 0 aromatic heterocycles. The van der Waals surface area contributed by atoms with Crippen molar-refractivity contribution in [3.63, 3.8) is 0 Å². The van der Waals surface area contributed by atoms with Crippen LogP contribution in [-0.2, 0) is 9.59 Å². The Hall–Kier alpha value is -1.37. The van der Waals surface area contributed by atoms with Crippen molar-refractivity contribution in [1.29, 1.82) is 0 Å². The second-order valence-corrected chi connectivity index (χ2v) is 5.57. The maximum absolute atomic E-state index is 12.3. The van der Waals surface area contributed by atoms with Gasteiger partial charge in [0.25, 0.3) is 0 Å². The molecule has 21 heavy (non-hydrogen) atoms. The van der Waals surface area contributed by atoms with Gasteiger partial charge in [0.1, 0.15) is 5.92 Å². The lowest BCUT2D eigenvalue weighted by Crippen LogP contribution is -2.45. The van der Waals surface area contributed by atoms with Crippen LogP contribution in [0, 0.1) is 11.1 Å². The number of allylic oxidation sites excluding steroid dienone is 1. The molecule has 7 heteroatoms. The molecule has 0 fully saturated rings. The van der Waals surface area contributed by atoms with Gasteiger partial charge in [0.2, 0.25) is 5.91 Å². The summed E-state index contributed by atoms with van der Waals surface area (Å²) in [5.41, 5.74) is 0.614. The fraction of sp³-hybridized carbons (Fsp3) is 0.571. The number of Topliss-reactive ketones (excluding diaryl/α,β-unsaturated/α-hetero) is 1. The smallest absolute Gasteiger partial charge is 0.227 e. The number of hydrogen-bond donors (Lipinski definition) is 1. The van der Waals surface area contributed by atoms with Crippen molar-refractivity contribution in [1.82, 2.24) is 15.3 Å². The van der Waals surface area contributed by atoms with E-state index in [1.165, 1.54) is 0 Å². The molecule has 0 aromatic carbocycles. The van der Waals surface area contributed by atoms with E-state index in [2.05, 4.69) is 5.32 Å². The zero-order chi connectivity index (χ0) is 15.4. The molecule has 0 spiro atoms. The maximum Gasteiger partial charge on any atom is 0.227 e. The Bertz CT molecular complexity index is 490. The molecule has 1 amide bonds. The quantitative estimate of drug-likeness (QED) is 0.609. The zero-order valence-electron chi connectivity index (χ0n) is 12.0. The minimum atomic E-state index is -0.875. The molecule has 0 saturated heterocycles. The van der Waals surface area contributed by atoms with Crippen LogP contribution in [0.15, 0.2) is 23.5 Å². The number of amides is 1. The van der Waals surface area contributed by atoms with Crippen LogP contribution in [-0.4, -0.2) is 47.3 Å². The predicted octanol–water partition coefficient (Wildman–Crippen LogP) is 1.18. The van der Waals surface area contributed by atoms with Crippen LogP contribution in [0.4, 0.5) is 0 Å². The molecule has 0 aliphatic carbocycles. The molecular weight excluding hydrogens is 294 g/mol. The summed E-state index contributed by atoms with van der Waals surface area (Å²) in [4.78, 5) is 26.3. The van der Waals surface area contributed by atoms with E-state index in [-0.39, 0.29) is 18.0 Å². The van der Waals surface area contributed by atoms with Crippen LogP contribution in [0.3, 0.4) is 0 Å². The molecule has 1 N–H and O–H groups in total. The third-order valence-corrected chi connectivity index (χ3v) is 4.00. The number of nitrogens with one attached hydrogen (secondary N) is 1. The molecule has 1 unspecified atom stereocenters. The topological polar surface area (TPSA) is 75.7 Å². The summed E-state index contributed by atoms with van der Waals surface area (Å²) in [5.74, 6) is -1.42. The number of alkyl halides is 1. The molecule has 2 heterocycles. The molecule has 0 saturated carbocycles. The summed E-state index contributed by atoms with van der Waals surface area (Å²) in [7, 11) is 0. The lowest BCUT2D eigenvalue weighted by atomic mass is 9.88. The summed E-state index contributed by atoms with van der Waals surface area (Å²) in [6, 6.07) is 0. The van der Waals surface area contributed by atoms with Gasteiger partial charge in [-0.2, -0.15) is 0 Å². The fourth-order valence-corrected chi connectivity index (χ4v) is 2.66. The van der Waals surface area contributed by atoms with E-state index in [9.17, 15) is 14.8 Å². The molecule has 2 rings (SSSR count). The van der Waals surface area contributed by atoms with Crippen molar-refractivity contribution in [2.75, 3.05) is 25.6 Å². The van der Waals surface area contributed by atoms with Gasteiger partial charge in [-0.25, -0.2) is 0 Å². The second kappa shape index (κ2) is 7.06. The average molecular weight is 313 g/mol. The predicted molar refractivity (Wildman–Crippen MR) is 80.1 cm³/mol. The number of rotatable bonds is 5. The monoisotopic (exact) mass is 312 g/mol. The van der Waals surface area contributed by atoms with Crippen molar-refractivity contribution in [2.45, 2.75) is 19.8 Å². The number of ketones is 1. The van der Waals surface area contributed by atoms with Crippen LogP contribution in [0.2, 0.25) is 0 Å². The third kappa shape index (κ3) is 3.45. The zero-order valence-corrected chi connectivity index (χ0v) is 12.7. The summed E-state index contributed by atoms with van der Waals surface area (Å²) in [6.07, 6.45) is 4.65. The average Bonchev–Trinajstić information content (AvgIpc) is 2.51. The Labute approximate surface area is 129 Å². The van der Waals surface area contributed by atoms with Crippen molar-refractivity contribution in [3.8, 4) is 0 Å². The molecule has 1 atom stereocenters. The Morgan fingerprint density at radius 1 is 1.48 bits per heavy atom. The Kier molecular flexibility index (Phi) is 5.39. The molecule has 0 bridgehead atoms. The van der Waals surface area contributed by atoms with Gasteiger partial charge in [0, 0.05) is 23.7 Å². The minimum absolute atomic E-state index is 0.237. The van der Waals surface area contributed by atoms with Gasteiger partial charge in [0.05, 0.1) is 13.2 Å². The lowest BCUT2D eigenvalue weighted by molar-refractivity contribution is -0.139. The first-order valence-electron chi connectivity index (χ1n) is 6.98. The molecule has 6 nitrogen and oxygen atoms in total. The first-order chi connectivity index (χ1) is 10.1. The van der Waals surface area contributed by atoms with E-state index in [0.717, 1.165) is 6.54 Å². The van der Waals surface area contributed by atoms with Crippen LogP contribution in [0.25, 0.3) is 0 Å². The molecule has 2 aliphatic rings. The number of carbonyl (C=O) groups excluding carboxylic acids is 2. The first-order valence-corrected chi connectivity index (χ1v) is 7.52. The first kappa shape index (κ1) is 16.0. The second-order valence-electron chi connectivity index (χ2n) is 5.20. The molecular formula is C14H19ClN3O3-. The van der Waals surface area contributed by atoms with Gasteiger partial charge >= 0.3 is 0 Å². The Morgan fingerprint density at radius 2 is 2.24 bits per heavy atom. The largest absolute Gasteiger partial charge is 0.752 e. The number of halogens is 1. The van der Waals surface area contributed by atoms with Gasteiger partial charge < -0.3 is 15.2 Å². The molecule has 0 radical (unpaired) electrons. The Morgan fingerprint density at radius 3 is 2.86 bits per heavy atom. The Balaban J connectivity index is 2.17. The fourth-order valence-electron chi connectivity index (χ4n) is 2.51. The number of hydrogen-bond acceptors (Lipinski definition) is 5. The van der Waals surface area contributed by atoms with Gasteiger partial charge in [0.15, 0.2) is 5.78 Å². The summed E-state index contributed by atoms with van der Waals surface area (Å²) in [6.45, 7) is 3.22.